The number of nitrogens with zero attached hydrogens (tertiary/aromatic N) is 2. The van der Waals surface area contributed by atoms with Crippen LogP contribution in [0, 0.1) is 0 Å². The van der Waals surface area contributed by atoms with Gasteiger partial charge in [0.15, 0.2) is 0 Å². The molecule has 0 unspecified atom stereocenters. The Kier molecular flexibility index (Phi) is 4.43. The summed E-state index contributed by atoms with van der Waals surface area (Å²) < 4.78 is 0. The van der Waals surface area contributed by atoms with Crippen molar-refractivity contribution in [3.8, 4) is 11.3 Å². The number of carbonyl (C=O) groups excluding carboxylic acids is 1. The normalized spacial score (nSPS) is 10.8. The summed E-state index contributed by atoms with van der Waals surface area (Å²) in [5.41, 5.74) is 4.69. The second-order valence-corrected chi connectivity index (χ2v) is 6.07. The van der Waals surface area contributed by atoms with E-state index < -0.39 is 0 Å². The zero-order chi connectivity index (χ0) is 17.8. The molecule has 0 radical (unpaired) electrons. The molecule has 1 amide bonds. The first-order valence-electron chi connectivity index (χ1n) is 8.47. The van der Waals surface area contributed by atoms with E-state index in [9.17, 15) is 4.79 Å². The van der Waals surface area contributed by atoms with Crippen molar-refractivity contribution in [2.45, 2.75) is 13.0 Å². The van der Waals surface area contributed by atoms with Crippen LogP contribution >= 0.6 is 0 Å². The van der Waals surface area contributed by atoms with Crippen molar-refractivity contribution in [2.75, 3.05) is 0 Å². The smallest absolute Gasteiger partial charge is 0.224 e. The van der Waals surface area contributed by atoms with Crippen LogP contribution in [0.25, 0.3) is 22.2 Å². The number of H-pyrrole nitrogens is 1. The van der Waals surface area contributed by atoms with Crippen LogP contribution in [0.15, 0.2) is 73.2 Å². The van der Waals surface area contributed by atoms with Crippen LogP contribution in [-0.4, -0.2) is 20.9 Å². The van der Waals surface area contributed by atoms with Crippen LogP contribution in [-0.2, 0) is 17.8 Å². The third kappa shape index (κ3) is 3.47. The number of fused-ring (bicyclic) bond motifs is 1. The van der Waals surface area contributed by atoms with Gasteiger partial charge >= 0.3 is 0 Å². The van der Waals surface area contributed by atoms with Crippen molar-refractivity contribution >= 4 is 16.8 Å². The first kappa shape index (κ1) is 16.0. The Balaban J connectivity index is 1.42. The second-order valence-electron chi connectivity index (χ2n) is 6.07. The van der Waals surface area contributed by atoms with Crippen LogP contribution < -0.4 is 5.32 Å². The van der Waals surface area contributed by atoms with Crippen LogP contribution in [0.5, 0.6) is 0 Å². The van der Waals surface area contributed by atoms with E-state index in [1.54, 1.807) is 0 Å². The number of para-hydroxylation sites is 1. The highest BCUT2D eigenvalue weighted by atomic mass is 16.1. The summed E-state index contributed by atoms with van der Waals surface area (Å²) in [6, 6.07) is 19.8. The van der Waals surface area contributed by atoms with Gasteiger partial charge in [0, 0.05) is 22.7 Å². The number of amides is 1. The molecule has 4 rings (SSSR count). The number of nitrogens with one attached hydrogen (secondary N) is 2. The van der Waals surface area contributed by atoms with Gasteiger partial charge in [-0.1, -0.05) is 48.5 Å². The molecule has 128 valence electrons. The highest BCUT2D eigenvalue weighted by Gasteiger charge is 2.09. The van der Waals surface area contributed by atoms with Crippen LogP contribution in [0.1, 0.15) is 11.3 Å². The Morgan fingerprint density at radius 1 is 1.00 bits per heavy atom. The summed E-state index contributed by atoms with van der Waals surface area (Å²) >= 11 is 0. The summed E-state index contributed by atoms with van der Waals surface area (Å²) in [6.07, 6.45) is 3.76. The summed E-state index contributed by atoms with van der Waals surface area (Å²) in [7, 11) is 0. The number of hydrogen-bond donors (Lipinski definition) is 2. The van der Waals surface area contributed by atoms with Gasteiger partial charge in [0.05, 0.1) is 24.4 Å². The molecule has 2 N–H and O–H groups in total. The highest BCUT2D eigenvalue weighted by Crippen LogP contribution is 2.18. The molecule has 0 aliphatic heterocycles. The number of hydrogen-bond acceptors (Lipinski definition) is 3. The van der Waals surface area contributed by atoms with E-state index in [1.807, 2.05) is 66.9 Å². The van der Waals surface area contributed by atoms with Gasteiger partial charge in [0.1, 0.15) is 6.33 Å². The largest absolute Gasteiger partial charge is 0.361 e. The molecule has 0 bridgehead atoms. The van der Waals surface area contributed by atoms with Gasteiger partial charge in [0.2, 0.25) is 5.91 Å². The summed E-state index contributed by atoms with van der Waals surface area (Å²) in [5, 5.41) is 4.02. The number of rotatable bonds is 5. The lowest BCUT2D eigenvalue weighted by Crippen LogP contribution is -2.25. The van der Waals surface area contributed by atoms with E-state index in [1.165, 1.54) is 6.33 Å². The fourth-order valence-electron chi connectivity index (χ4n) is 2.96. The average molecular weight is 342 g/mol. The van der Waals surface area contributed by atoms with E-state index in [0.29, 0.717) is 13.0 Å². The third-order valence-electron chi connectivity index (χ3n) is 4.29. The van der Waals surface area contributed by atoms with Gasteiger partial charge in [-0.25, -0.2) is 9.97 Å². The lowest BCUT2D eigenvalue weighted by Gasteiger charge is -2.06. The zero-order valence-electron chi connectivity index (χ0n) is 14.1. The fourth-order valence-corrected chi connectivity index (χ4v) is 2.96. The maximum Gasteiger partial charge on any atom is 0.224 e. The molecule has 4 aromatic rings. The van der Waals surface area contributed by atoms with Crippen molar-refractivity contribution in [1.29, 1.82) is 0 Å². The minimum atomic E-state index is -0.0328. The monoisotopic (exact) mass is 342 g/mol. The molecule has 0 saturated carbocycles. The molecule has 0 spiro atoms. The lowest BCUT2D eigenvalue weighted by atomic mass is 10.1. The summed E-state index contributed by atoms with van der Waals surface area (Å²) in [4.78, 5) is 24.1. The number of benzene rings is 2. The minimum absolute atomic E-state index is 0.0328. The van der Waals surface area contributed by atoms with Crippen LogP contribution in [0.3, 0.4) is 0 Å². The molecule has 26 heavy (non-hydrogen) atoms. The van der Waals surface area contributed by atoms with E-state index in [0.717, 1.165) is 33.4 Å². The summed E-state index contributed by atoms with van der Waals surface area (Å²) in [5.74, 6) is -0.0328. The molecule has 2 aromatic heterocycles. The van der Waals surface area contributed by atoms with Gasteiger partial charge in [-0.05, 0) is 17.7 Å². The molecular formula is C21H18N4O. The quantitative estimate of drug-likeness (QED) is 0.583. The molecule has 0 atom stereocenters. The Labute approximate surface area is 151 Å². The van der Waals surface area contributed by atoms with Crippen molar-refractivity contribution in [3.63, 3.8) is 0 Å². The van der Waals surface area contributed by atoms with E-state index in [4.69, 9.17) is 0 Å². The van der Waals surface area contributed by atoms with Crippen molar-refractivity contribution < 1.29 is 4.79 Å². The highest BCUT2D eigenvalue weighted by molar-refractivity contribution is 5.88. The predicted molar refractivity (Wildman–Crippen MR) is 101 cm³/mol. The maximum atomic E-state index is 12.3. The van der Waals surface area contributed by atoms with Gasteiger partial charge in [0.25, 0.3) is 0 Å². The van der Waals surface area contributed by atoms with Gasteiger partial charge in [-0.3, -0.25) is 4.79 Å². The minimum Gasteiger partial charge on any atom is -0.361 e. The molecule has 2 heterocycles. The lowest BCUT2D eigenvalue weighted by molar-refractivity contribution is -0.120. The SMILES string of the molecule is O=C(Cc1c[nH]c2ccccc12)NCc1cc(-c2ccccc2)ncn1. The first-order chi connectivity index (χ1) is 12.8. The maximum absolute atomic E-state index is 12.3. The molecule has 0 saturated heterocycles. The Hall–Kier alpha value is -3.47. The molecular weight excluding hydrogens is 324 g/mol. The summed E-state index contributed by atoms with van der Waals surface area (Å²) in [6.45, 7) is 0.379. The standard InChI is InChI=1S/C21H18N4O/c26-21(10-16-12-22-19-9-5-4-8-18(16)19)23-13-17-11-20(25-14-24-17)15-6-2-1-3-7-15/h1-9,11-12,14,22H,10,13H2,(H,23,26). The third-order valence-corrected chi connectivity index (χ3v) is 4.29. The number of aromatic nitrogens is 3. The predicted octanol–water partition coefficient (Wildman–Crippen LogP) is 3.48. The Morgan fingerprint density at radius 2 is 1.81 bits per heavy atom. The van der Waals surface area contributed by atoms with Crippen LogP contribution in [0.2, 0.25) is 0 Å². The first-order valence-corrected chi connectivity index (χ1v) is 8.47. The van der Waals surface area contributed by atoms with E-state index in [-0.39, 0.29) is 5.91 Å². The molecule has 5 heteroatoms. The van der Waals surface area contributed by atoms with Crippen molar-refractivity contribution in [1.82, 2.24) is 20.3 Å². The Bertz CT molecular complexity index is 1040. The Morgan fingerprint density at radius 3 is 2.69 bits per heavy atom. The van der Waals surface area contributed by atoms with Gasteiger partial charge < -0.3 is 10.3 Å². The van der Waals surface area contributed by atoms with Crippen molar-refractivity contribution in [2.24, 2.45) is 0 Å². The van der Waals surface area contributed by atoms with E-state index >= 15 is 0 Å². The molecule has 2 aromatic carbocycles. The number of aromatic amines is 1. The molecule has 0 aliphatic carbocycles. The molecule has 5 nitrogen and oxygen atoms in total. The van der Waals surface area contributed by atoms with Gasteiger partial charge in [-0.15, -0.1) is 0 Å². The fraction of sp³-hybridized carbons (Fsp3) is 0.0952. The second kappa shape index (κ2) is 7.19. The van der Waals surface area contributed by atoms with E-state index in [2.05, 4.69) is 20.3 Å². The van der Waals surface area contributed by atoms with Crippen LogP contribution in [0.4, 0.5) is 0 Å². The average Bonchev–Trinajstić information content (AvgIpc) is 3.10. The molecule has 0 aliphatic rings. The topological polar surface area (TPSA) is 70.7 Å². The number of carbonyl (C=O) groups is 1. The molecule has 0 fully saturated rings. The zero-order valence-corrected chi connectivity index (χ0v) is 14.1. The van der Waals surface area contributed by atoms with Gasteiger partial charge in [-0.2, -0.15) is 0 Å². The van der Waals surface area contributed by atoms with Crippen molar-refractivity contribution in [3.05, 3.63) is 84.4 Å².